The largest absolute Gasteiger partial charge is 0.480 e. The molecule has 8 heteroatoms. The molecule has 2 aliphatic rings. The molecule has 3 atom stereocenters. The van der Waals surface area contributed by atoms with Crippen molar-refractivity contribution in [1.82, 2.24) is 10.6 Å². The van der Waals surface area contributed by atoms with Gasteiger partial charge in [-0.25, -0.2) is 9.59 Å². The minimum atomic E-state index is -1.06. The number of fused-ring (bicyclic) bond motifs is 3. The van der Waals surface area contributed by atoms with Crippen LogP contribution >= 0.6 is 0 Å². The van der Waals surface area contributed by atoms with E-state index in [-0.39, 0.29) is 43.6 Å². The van der Waals surface area contributed by atoms with Crippen molar-refractivity contribution in [3.8, 4) is 11.1 Å². The summed E-state index contributed by atoms with van der Waals surface area (Å²) in [6.45, 7) is 4.11. The Morgan fingerprint density at radius 1 is 1.06 bits per heavy atom. The van der Waals surface area contributed by atoms with E-state index in [1.54, 1.807) is 13.8 Å². The highest BCUT2D eigenvalue weighted by Gasteiger charge is 2.34. The maximum absolute atomic E-state index is 12.4. The van der Waals surface area contributed by atoms with E-state index in [1.807, 2.05) is 24.3 Å². The van der Waals surface area contributed by atoms with Crippen molar-refractivity contribution in [3.63, 3.8) is 0 Å². The molecular formula is C26H30N2O6. The number of rotatable bonds is 8. The first-order valence-corrected chi connectivity index (χ1v) is 11.6. The van der Waals surface area contributed by atoms with Crippen LogP contribution in [0, 0.1) is 11.8 Å². The normalized spacial score (nSPS) is 19.9. The molecule has 1 heterocycles. The zero-order valence-corrected chi connectivity index (χ0v) is 19.3. The average Bonchev–Trinajstić information content (AvgIpc) is 3.42. The first kappa shape index (κ1) is 23.8. The molecule has 2 aromatic carbocycles. The van der Waals surface area contributed by atoms with Gasteiger partial charge < -0.3 is 25.2 Å². The molecule has 4 rings (SSSR count). The number of hydrogen-bond donors (Lipinski definition) is 3. The van der Waals surface area contributed by atoms with E-state index < -0.39 is 24.0 Å². The lowest BCUT2D eigenvalue weighted by Gasteiger charge is -2.19. The summed E-state index contributed by atoms with van der Waals surface area (Å²) in [4.78, 5) is 36.1. The second-order valence-corrected chi connectivity index (χ2v) is 9.16. The fraction of sp³-hybridized carbons (Fsp3) is 0.423. The Morgan fingerprint density at radius 2 is 1.68 bits per heavy atom. The molecule has 180 valence electrons. The van der Waals surface area contributed by atoms with Crippen molar-refractivity contribution in [2.45, 2.75) is 38.3 Å². The lowest BCUT2D eigenvalue weighted by molar-refractivity contribution is -0.143. The van der Waals surface area contributed by atoms with Crippen LogP contribution in [0.5, 0.6) is 0 Å². The van der Waals surface area contributed by atoms with Crippen molar-refractivity contribution in [3.05, 3.63) is 59.7 Å². The van der Waals surface area contributed by atoms with Gasteiger partial charge in [-0.05, 0) is 34.6 Å². The fourth-order valence-corrected chi connectivity index (χ4v) is 4.66. The van der Waals surface area contributed by atoms with E-state index in [0.29, 0.717) is 6.42 Å². The van der Waals surface area contributed by atoms with E-state index >= 15 is 0 Å². The second kappa shape index (κ2) is 10.3. The van der Waals surface area contributed by atoms with Gasteiger partial charge in [-0.3, -0.25) is 4.79 Å². The summed E-state index contributed by atoms with van der Waals surface area (Å²) in [5.41, 5.74) is 4.62. The number of carbonyl (C=O) groups excluding carboxylic acids is 2. The van der Waals surface area contributed by atoms with Gasteiger partial charge in [-0.15, -0.1) is 0 Å². The number of carbonyl (C=O) groups is 3. The molecule has 3 N–H and O–H groups in total. The smallest absolute Gasteiger partial charge is 0.407 e. The summed E-state index contributed by atoms with van der Waals surface area (Å²) in [7, 11) is 0. The molecule has 0 bridgehead atoms. The summed E-state index contributed by atoms with van der Waals surface area (Å²) in [5.74, 6) is -2.10. The van der Waals surface area contributed by atoms with Crippen LogP contribution in [0.3, 0.4) is 0 Å². The van der Waals surface area contributed by atoms with Gasteiger partial charge in [-0.2, -0.15) is 0 Å². The fourth-order valence-electron chi connectivity index (χ4n) is 4.66. The van der Waals surface area contributed by atoms with Gasteiger partial charge in [0, 0.05) is 12.5 Å². The van der Waals surface area contributed by atoms with Crippen LogP contribution in [0.2, 0.25) is 0 Å². The van der Waals surface area contributed by atoms with Gasteiger partial charge in [0.05, 0.1) is 18.6 Å². The molecule has 2 amide bonds. The molecule has 0 spiro atoms. The number of nitrogens with one attached hydrogen (secondary N) is 2. The molecule has 2 aromatic rings. The standard InChI is InChI=1S/C26H30N2O6/c1-15(2)23(25(30)31)28-24(29)16-11-17(33-13-16)12-27-26(32)34-14-22-20-9-5-3-7-18(20)19-8-4-6-10-21(19)22/h3-10,15-17,22-23H,11-14H2,1-2H3,(H,27,32)(H,28,29)(H,30,31)/t16?,17?,23-/m0/s1. The highest BCUT2D eigenvalue weighted by molar-refractivity contribution is 5.85. The molecule has 1 aliphatic carbocycles. The molecule has 0 aromatic heterocycles. The van der Waals surface area contributed by atoms with Crippen LogP contribution in [0.1, 0.15) is 37.3 Å². The van der Waals surface area contributed by atoms with E-state index in [0.717, 1.165) is 11.1 Å². The van der Waals surface area contributed by atoms with E-state index in [1.165, 1.54) is 11.1 Å². The van der Waals surface area contributed by atoms with Crippen molar-refractivity contribution in [2.24, 2.45) is 11.8 Å². The van der Waals surface area contributed by atoms with Crippen LogP contribution in [-0.2, 0) is 19.1 Å². The Morgan fingerprint density at radius 3 is 2.26 bits per heavy atom. The van der Waals surface area contributed by atoms with Crippen LogP contribution < -0.4 is 10.6 Å². The van der Waals surface area contributed by atoms with E-state index in [2.05, 4.69) is 34.9 Å². The van der Waals surface area contributed by atoms with Crippen molar-refractivity contribution in [2.75, 3.05) is 19.8 Å². The summed E-state index contributed by atoms with van der Waals surface area (Å²) in [5, 5.41) is 14.6. The zero-order valence-electron chi connectivity index (χ0n) is 19.3. The lowest BCUT2D eigenvalue weighted by Crippen LogP contribution is -2.46. The van der Waals surface area contributed by atoms with Gasteiger partial charge in [0.25, 0.3) is 0 Å². The number of aliphatic carboxylic acids is 1. The quantitative estimate of drug-likeness (QED) is 0.551. The Kier molecular flexibility index (Phi) is 7.17. The van der Waals surface area contributed by atoms with Crippen LogP contribution in [0.15, 0.2) is 48.5 Å². The third-order valence-electron chi connectivity index (χ3n) is 6.50. The zero-order chi connectivity index (χ0) is 24.2. The van der Waals surface area contributed by atoms with Gasteiger partial charge >= 0.3 is 12.1 Å². The molecule has 1 saturated heterocycles. The Labute approximate surface area is 198 Å². The Balaban J connectivity index is 1.25. The number of carboxylic acid groups (broad SMARTS) is 1. The summed E-state index contributed by atoms with van der Waals surface area (Å²) in [6, 6.07) is 15.3. The predicted molar refractivity (Wildman–Crippen MR) is 125 cm³/mol. The summed E-state index contributed by atoms with van der Waals surface area (Å²) < 4.78 is 11.2. The molecule has 2 unspecified atom stereocenters. The third kappa shape index (κ3) is 5.07. The van der Waals surface area contributed by atoms with E-state index in [4.69, 9.17) is 9.47 Å². The molecule has 1 aliphatic heterocycles. The highest BCUT2D eigenvalue weighted by atomic mass is 16.5. The minimum Gasteiger partial charge on any atom is -0.480 e. The Hall–Kier alpha value is -3.39. The van der Waals surface area contributed by atoms with Crippen molar-refractivity contribution < 1.29 is 29.0 Å². The van der Waals surface area contributed by atoms with Gasteiger partial charge in [0.1, 0.15) is 12.6 Å². The third-order valence-corrected chi connectivity index (χ3v) is 6.50. The average molecular weight is 467 g/mol. The molecule has 8 nitrogen and oxygen atoms in total. The highest BCUT2D eigenvalue weighted by Crippen LogP contribution is 2.44. The lowest BCUT2D eigenvalue weighted by atomic mass is 9.98. The van der Waals surface area contributed by atoms with Crippen LogP contribution in [0.4, 0.5) is 4.79 Å². The number of benzene rings is 2. The maximum atomic E-state index is 12.4. The number of amides is 2. The first-order valence-electron chi connectivity index (χ1n) is 11.6. The van der Waals surface area contributed by atoms with Gasteiger partial charge in [-0.1, -0.05) is 62.4 Å². The SMILES string of the molecule is CC(C)[C@H](NC(=O)C1COC(CNC(=O)OCC2c3ccccc3-c3ccccc32)C1)C(=O)O. The molecular weight excluding hydrogens is 436 g/mol. The summed E-state index contributed by atoms with van der Waals surface area (Å²) >= 11 is 0. The number of ether oxygens (including phenoxy) is 2. The summed E-state index contributed by atoms with van der Waals surface area (Å²) in [6.07, 6.45) is -0.470. The van der Waals surface area contributed by atoms with E-state index in [9.17, 15) is 19.5 Å². The van der Waals surface area contributed by atoms with Crippen molar-refractivity contribution in [1.29, 1.82) is 0 Å². The molecule has 34 heavy (non-hydrogen) atoms. The molecule has 0 radical (unpaired) electrons. The van der Waals surface area contributed by atoms with Crippen LogP contribution in [0.25, 0.3) is 11.1 Å². The monoisotopic (exact) mass is 466 g/mol. The maximum Gasteiger partial charge on any atom is 0.407 e. The first-order chi connectivity index (χ1) is 16.3. The molecule has 1 fully saturated rings. The predicted octanol–water partition coefficient (Wildman–Crippen LogP) is 3.16. The van der Waals surface area contributed by atoms with Crippen molar-refractivity contribution >= 4 is 18.0 Å². The van der Waals surface area contributed by atoms with Gasteiger partial charge in [0.15, 0.2) is 0 Å². The van der Waals surface area contributed by atoms with Crippen LogP contribution in [-0.4, -0.2) is 55.0 Å². The topological polar surface area (TPSA) is 114 Å². The second-order valence-electron chi connectivity index (χ2n) is 9.16. The minimum absolute atomic E-state index is 0.0166. The Bertz CT molecular complexity index is 1020. The number of hydrogen-bond acceptors (Lipinski definition) is 5. The number of alkyl carbamates (subject to hydrolysis) is 1. The van der Waals surface area contributed by atoms with Gasteiger partial charge in [0.2, 0.25) is 5.91 Å². The molecule has 0 saturated carbocycles. The number of carboxylic acids is 1.